The first-order chi connectivity index (χ1) is 6.43. The van der Waals surface area contributed by atoms with E-state index in [0.717, 1.165) is 13.0 Å². The van der Waals surface area contributed by atoms with Crippen LogP contribution in [-0.4, -0.2) is 46.8 Å². The molecular weight excluding hydrogens is 182 g/mol. The second kappa shape index (κ2) is 6.79. The van der Waals surface area contributed by atoms with Crippen LogP contribution in [0.5, 0.6) is 0 Å². The van der Waals surface area contributed by atoms with Crippen LogP contribution in [0.25, 0.3) is 0 Å². The van der Waals surface area contributed by atoms with Gasteiger partial charge in [0.25, 0.3) is 0 Å². The molecule has 0 aliphatic carbocycles. The summed E-state index contributed by atoms with van der Waals surface area (Å²) in [5.41, 5.74) is 0. The van der Waals surface area contributed by atoms with Crippen molar-refractivity contribution in [2.45, 2.75) is 45.3 Å². The first kappa shape index (κ1) is 13.4. The summed E-state index contributed by atoms with van der Waals surface area (Å²) in [6.07, 6.45) is 1.31. The monoisotopic (exact) mass is 203 g/mol. The van der Waals surface area contributed by atoms with Crippen molar-refractivity contribution in [3.8, 4) is 0 Å². The van der Waals surface area contributed by atoms with E-state index in [1.165, 1.54) is 0 Å². The molecule has 84 valence electrons. The molecule has 2 atom stereocenters. The number of carboxylic acid groups (broad SMARTS) is 1. The lowest BCUT2D eigenvalue weighted by Gasteiger charge is -2.24. The molecule has 14 heavy (non-hydrogen) atoms. The fourth-order valence-corrected chi connectivity index (χ4v) is 1.16. The Morgan fingerprint density at radius 1 is 1.36 bits per heavy atom. The van der Waals surface area contributed by atoms with Crippen molar-refractivity contribution in [2.75, 3.05) is 13.6 Å². The van der Waals surface area contributed by atoms with Crippen molar-refractivity contribution >= 4 is 5.97 Å². The number of aliphatic hydroxyl groups excluding tert-OH is 1. The molecule has 2 N–H and O–H groups in total. The molecule has 0 aromatic carbocycles. The predicted octanol–water partition coefficient (Wildman–Crippen LogP) is 0.942. The van der Waals surface area contributed by atoms with Gasteiger partial charge >= 0.3 is 5.97 Å². The molecule has 0 radical (unpaired) electrons. The molecule has 0 aromatic rings. The Labute approximate surface area is 85.5 Å². The zero-order chi connectivity index (χ0) is 11.1. The zero-order valence-electron chi connectivity index (χ0n) is 9.23. The average molecular weight is 203 g/mol. The van der Waals surface area contributed by atoms with E-state index in [-0.39, 0.29) is 18.6 Å². The largest absolute Gasteiger partial charge is 0.481 e. The molecular formula is C10H21NO3. The lowest BCUT2D eigenvalue weighted by Crippen LogP contribution is -2.31. The van der Waals surface area contributed by atoms with E-state index < -0.39 is 5.97 Å². The van der Waals surface area contributed by atoms with Crippen LogP contribution in [0.4, 0.5) is 0 Å². The normalized spacial score (nSPS) is 15.5. The average Bonchev–Trinajstić information content (AvgIpc) is 2.09. The van der Waals surface area contributed by atoms with Gasteiger partial charge < -0.3 is 15.1 Å². The molecule has 0 saturated carbocycles. The van der Waals surface area contributed by atoms with Gasteiger partial charge in [0.15, 0.2) is 0 Å². The Bertz CT molecular complexity index is 171. The summed E-state index contributed by atoms with van der Waals surface area (Å²) >= 11 is 0. The van der Waals surface area contributed by atoms with E-state index in [1.54, 1.807) is 6.92 Å². The quantitative estimate of drug-likeness (QED) is 0.646. The zero-order valence-corrected chi connectivity index (χ0v) is 9.23. The van der Waals surface area contributed by atoms with Crippen LogP contribution < -0.4 is 0 Å². The van der Waals surface area contributed by atoms with E-state index >= 15 is 0 Å². The van der Waals surface area contributed by atoms with Gasteiger partial charge in [-0.1, -0.05) is 0 Å². The highest BCUT2D eigenvalue weighted by atomic mass is 16.4. The molecule has 4 heteroatoms. The lowest BCUT2D eigenvalue weighted by molar-refractivity contribution is -0.137. The van der Waals surface area contributed by atoms with Crippen LogP contribution in [0.1, 0.15) is 33.1 Å². The fourth-order valence-electron chi connectivity index (χ4n) is 1.16. The molecule has 0 fully saturated rings. The van der Waals surface area contributed by atoms with Gasteiger partial charge in [-0.15, -0.1) is 0 Å². The maximum Gasteiger partial charge on any atom is 0.303 e. The maximum atomic E-state index is 10.3. The van der Waals surface area contributed by atoms with Crippen molar-refractivity contribution < 1.29 is 15.0 Å². The van der Waals surface area contributed by atoms with Gasteiger partial charge in [0.2, 0.25) is 0 Å². The summed E-state index contributed by atoms with van der Waals surface area (Å²) < 4.78 is 0. The van der Waals surface area contributed by atoms with Crippen LogP contribution in [0.15, 0.2) is 0 Å². The smallest absolute Gasteiger partial charge is 0.303 e. The van der Waals surface area contributed by atoms with Gasteiger partial charge in [0.1, 0.15) is 0 Å². The summed E-state index contributed by atoms with van der Waals surface area (Å²) in [6.45, 7) is 4.57. The molecule has 0 spiro atoms. The number of hydrogen-bond donors (Lipinski definition) is 2. The molecule has 0 saturated heterocycles. The van der Waals surface area contributed by atoms with E-state index in [1.807, 2.05) is 14.0 Å². The van der Waals surface area contributed by atoms with Crippen LogP contribution in [0, 0.1) is 0 Å². The van der Waals surface area contributed by atoms with Crippen LogP contribution in [0.3, 0.4) is 0 Å². The highest BCUT2D eigenvalue weighted by Crippen LogP contribution is 2.05. The highest BCUT2D eigenvalue weighted by Gasteiger charge is 2.11. The lowest BCUT2D eigenvalue weighted by atomic mass is 10.1. The topological polar surface area (TPSA) is 60.8 Å². The maximum absolute atomic E-state index is 10.3. The van der Waals surface area contributed by atoms with Crippen LogP contribution in [0.2, 0.25) is 0 Å². The van der Waals surface area contributed by atoms with E-state index in [4.69, 9.17) is 10.2 Å². The third-order valence-electron chi connectivity index (χ3n) is 2.43. The number of nitrogens with zero attached hydrogens (tertiary/aromatic N) is 1. The van der Waals surface area contributed by atoms with Crippen molar-refractivity contribution in [3.05, 3.63) is 0 Å². The molecule has 0 aromatic heterocycles. The number of rotatable bonds is 7. The predicted molar refractivity (Wildman–Crippen MR) is 55.3 cm³/mol. The number of aliphatic carboxylic acids is 1. The Morgan fingerprint density at radius 3 is 2.36 bits per heavy atom. The highest BCUT2D eigenvalue weighted by molar-refractivity contribution is 5.66. The third kappa shape index (κ3) is 6.86. The molecule has 0 aliphatic heterocycles. The van der Waals surface area contributed by atoms with Gasteiger partial charge in [0, 0.05) is 19.0 Å². The van der Waals surface area contributed by atoms with Crippen LogP contribution in [-0.2, 0) is 4.79 Å². The summed E-state index contributed by atoms with van der Waals surface area (Å²) in [6, 6.07) is 0.254. The Kier molecular flexibility index (Phi) is 6.49. The molecule has 0 bridgehead atoms. The van der Waals surface area contributed by atoms with Gasteiger partial charge in [-0.2, -0.15) is 0 Å². The molecule has 4 nitrogen and oxygen atoms in total. The standard InChI is InChI=1S/C10H21NO3/c1-8(4-5-10(13)14)11(3)7-6-9(2)12/h8-9,12H,4-7H2,1-3H3,(H,13,14). The minimum absolute atomic E-state index is 0.209. The second-order valence-corrected chi connectivity index (χ2v) is 3.90. The minimum atomic E-state index is -0.749. The minimum Gasteiger partial charge on any atom is -0.481 e. The van der Waals surface area contributed by atoms with Crippen molar-refractivity contribution in [3.63, 3.8) is 0 Å². The van der Waals surface area contributed by atoms with Gasteiger partial charge in [-0.25, -0.2) is 0 Å². The third-order valence-corrected chi connectivity index (χ3v) is 2.43. The molecule has 0 amide bonds. The number of aliphatic hydroxyl groups is 1. The first-order valence-corrected chi connectivity index (χ1v) is 5.03. The number of carboxylic acids is 1. The van der Waals surface area contributed by atoms with Gasteiger partial charge in [0.05, 0.1) is 6.10 Å². The summed E-state index contributed by atoms with van der Waals surface area (Å²) in [5.74, 6) is -0.749. The Hall–Kier alpha value is -0.610. The van der Waals surface area contributed by atoms with Gasteiger partial charge in [-0.3, -0.25) is 4.79 Å². The molecule has 0 aliphatic rings. The van der Waals surface area contributed by atoms with E-state index in [2.05, 4.69) is 4.90 Å². The fraction of sp³-hybridized carbons (Fsp3) is 0.900. The molecule has 0 heterocycles. The molecule has 0 rings (SSSR count). The Morgan fingerprint density at radius 2 is 1.93 bits per heavy atom. The Balaban J connectivity index is 3.64. The SMILES string of the molecule is CC(O)CCN(C)C(C)CCC(=O)O. The van der Waals surface area contributed by atoms with Crippen molar-refractivity contribution in [1.29, 1.82) is 0 Å². The summed E-state index contributed by atoms with van der Waals surface area (Å²) in [7, 11) is 1.95. The summed E-state index contributed by atoms with van der Waals surface area (Å²) in [5, 5.41) is 17.6. The van der Waals surface area contributed by atoms with E-state index in [0.29, 0.717) is 6.42 Å². The number of carbonyl (C=O) groups is 1. The molecule has 2 unspecified atom stereocenters. The van der Waals surface area contributed by atoms with Crippen molar-refractivity contribution in [2.24, 2.45) is 0 Å². The first-order valence-electron chi connectivity index (χ1n) is 5.03. The number of hydrogen-bond acceptors (Lipinski definition) is 3. The van der Waals surface area contributed by atoms with Gasteiger partial charge in [-0.05, 0) is 33.7 Å². The van der Waals surface area contributed by atoms with Crippen LogP contribution >= 0.6 is 0 Å². The second-order valence-electron chi connectivity index (χ2n) is 3.90. The van der Waals surface area contributed by atoms with Crippen molar-refractivity contribution in [1.82, 2.24) is 4.90 Å². The summed E-state index contributed by atoms with van der Waals surface area (Å²) in [4.78, 5) is 12.4. The van der Waals surface area contributed by atoms with E-state index in [9.17, 15) is 4.79 Å².